The Kier molecular flexibility index (Phi) is 5.82. The molecule has 2 N–H and O–H groups in total. The van der Waals surface area contributed by atoms with Crippen molar-refractivity contribution in [1.82, 2.24) is 10.2 Å². The number of anilines is 1. The van der Waals surface area contributed by atoms with Crippen LogP contribution < -0.4 is 10.6 Å². The maximum Gasteiger partial charge on any atom is 0.238 e. The molecular weight excluding hydrogens is 226 g/mol. The average Bonchev–Trinajstić information content (AvgIpc) is 2.29. The van der Waals surface area contributed by atoms with Crippen molar-refractivity contribution in [1.29, 1.82) is 0 Å². The summed E-state index contributed by atoms with van der Waals surface area (Å²) < 4.78 is 0. The molecule has 0 heterocycles. The summed E-state index contributed by atoms with van der Waals surface area (Å²) in [6.07, 6.45) is 0. The summed E-state index contributed by atoms with van der Waals surface area (Å²) in [5.41, 5.74) is 2.03. The molecule has 1 amide bonds. The lowest BCUT2D eigenvalue weighted by molar-refractivity contribution is -0.115. The van der Waals surface area contributed by atoms with E-state index in [-0.39, 0.29) is 5.91 Å². The molecule has 4 heteroatoms. The third-order valence-electron chi connectivity index (χ3n) is 2.59. The molecule has 0 fully saturated rings. The van der Waals surface area contributed by atoms with Crippen LogP contribution in [0.4, 0.5) is 5.69 Å². The van der Waals surface area contributed by atoms with Crippen LogP contribution in [0.25, 0.3) is 0 Å². The van der Waals surface area contributed by atoms with E-state index in [1.54, 1.807) is 0 Å². The third kappa shape index (κ3) is 5.80. The Morgan fingerprint density at radius 1 is 1.28 bits per heavy atom. The first-order valence-corrected chi connectivity index (χ1v) is 6.22. The summed E-state index contributed by atoms with van der Waals surface area (Å²) in [4.78, 5) is 13.8. The van der Waals surface area contributed by atoms with Gasteiger partial charge in [-0.2, -0.15) is 0 Å². The lowest BCUT2D eigenvalue weighted by atomic mass is 10.2. The standard InChI is InChI=1S/C14H23N3O/c1-11-5-7-13(8-6-11)16-14(18)9-15-12(2)10-17(3)4/h5-8,12,15H,9-10H2,1-4H3,(H,16,18). The number of rotatable bonds is 6. The molecule has 1 aromatic carbocycles. The van der Waals surface area contributed by atoms with Crippen molar-refractivity contribution in [3.8, 4) is 0 Å². The van der Waals surface area contributed by atoms with Gasteiger partial charge in [-0.3, -0.25) is 4.79 Å². The van der Waals surface area contributed by atoms with E-state index in [4.69, 9.17) is 0 Å². The Hall–Kier alpha value is -1.39. The van der Waals surface area contributed by atoms with Gasteiger partial charge in [-0.25, -0.2) is 0 Å². The lowest BCUT2D eigenvalue weighted by Crippen LogP contribution is -2.40. The largest absolute Gasteiger partial charge is 0.325 e. The van der Waals surface area contributed by atoms with Crippen molar-refractivity contribution in [2.75, 3.05) is 32.5 Å². The molecule has 1 unspecified atom stereocenters. The summed E-state index contributed by atoms with van der Waals surface area (Å²) in [6, 6.07) is 8.09. The lowest BCUT2D eigenvalue weighted by Gasteiger charge is -2.18. The van der Waals surface area contributed by atoms with Gasteiger partial charge in [0.15, 0.2) is 0 Å². The minimum absolute atomic E-state index is 0.00976. The quantitative estimate of drug-likeness (QED) is 0.802. The highest BCUT2D eigenvalue weighted by Crippen LogP contribution is 2.07. The predicted molar refractivity (Wildman–Crippen MR) is 75.8 cm³/mol. The van der Waals surface area contributed by atoms with Gasteiger partial charge in [0.25, 0.3) is 0 Å². The van der Waals surface area contributed by atoms with Gasteiger partial charge < -0.3 is 15.5 Å². The van der Waals surface area contributed by atoms with E-state index in [1.807, 2.05) is 45.3 Å². The van der Waals surface area contributed by atoms with Crippen LogP contribution in [0.1, 0.15) is 12.5 Å². The zero-order valence-electron chi connectivity index (χ0n) is 11.7. The molecular formula is C14H23N3O. The first kappa shape index (κ1) is 14.7. The van der Waals surface area contributed by atoms with Gasteiger partial charge in [-0.05, 0) is 40.1 Å². The molecule has 1 rings (SSSR count). The number of hydrogen-bond acceptors (Lipinski definition) is 3. The minimum atomic E-state index is -0.00976. The highest BCUT2D eigenvalue weighted by atomic mass is 16.1. The van der Waals surface area contributed by atoms with Crippen molar-refractivity contribution in [3.63, 3.8) is 0 Å². The van der Waals surface area contributed by atoms with Gasteiger partial charge >= 0.3 is 0 Å². The van der Waals surface area contributed by atoms with E-state index >= 15 is 0 Å². The molecule has 0 aliphatic rings. The van der Waals surface area contributed by atoms with Crippen molar-refractivity contribution in [2.24, 2.45) is 0 Å². The number of carbonyl (C=O) groups is 1. The number of nitrogens with one attached hydrogen (secondary N) is 2. The molecule has 0 aliphatic heterocycles. The number of amides is 1. The molecule has 1 atom stereocenters. The highest BCUT2D eigenvalue weighted by Gasteiger charge is 2.06. The zero-order chi connectivity index (χ0) is 13.5. The van der Waals surface area contributed by atoms with Crippen LogP contribution in [0.15, 0.2) is 24.3 Å². The first-order chi connectivity index (χ1) is 8.47. The van der Waals surface area contributed by atoms with Gasteiger partial charge in [0.1, 0.15) is 0 Å². The number of nitrogens with zero attached hydrogens (tertiary/aromatic N) is 1. The fourth-order valence-electron chi connectivity index (χ4n) is 1.72. The Labute approximate surface area is 109 Å². The predicted octanol–water partition coefficient (Wildman–Crippen LogP) is 1.47. The zero-order valence-corrected chi connectivity index (χ0v) is 11.7. The fraction of sp³-hybridized carbons (Fsp3) is 0.500. The Morgan fingerprint density at radius 2 is 1.89 bits per heavy atom. The smallest absolute Gasteiger partial charge is 0.238 e. The number of likely N-dealkylation sites (N-methyl/N-ethyl adjacent to an activating group) is 1. The van der Waals surface area contributed by atoms with Crippen molar-refractivity contribution in [2.45, 2.75) is 19.9 Å². The van der Waals surface area contributed by atoms with Crippen LogP contribution in [-0.2, 0) is 4.79 Å². The third-order valence-corrected chi connectivity index (χ3v) is 2.59. The van der Waals surface area contributed by atoms with Gasteiger partial charge in [0, 0.05) is 18.3 Å². The first-order valence-electron chi connectivity index (χ1n) is 6.22. The Balaban J connectivity index is 2.31. The molecule has 0 radical (unpaired) electrons. The van der Waals surface area contributed by atoms with Crippen LogP contribution in [0.3, 0.4) is 0 Å². The highest BCUT2D eigenvalue weighted by molar-refractivity contribution is 5.92. The molecule has 0 saturated heterocycles. The molecule has 0 spiro atoms. The summed E-state index contributed by atoms with van der Waals surface area (Å²) in [5, 5.41) is 6.05. The van der Waals surface area contributed by atoms with Crippen LogP contribution in [0.2, 0.25) is 0 Å². The maximum atomic E-state index is 11.7. The molecule has 0 saturated carbocycles. The topological polar surface area (TPSA) is 44.4 Å². The van der Waals surface area contributed by atoms with Gasteiger partial charge in [-0.15, -0.1) is 0 Å². The summed E-state index contributed by atoms with van der Waals surface area (Å²) in [6.45, 7) is 5.34. The fourth-order valence-corrected chi connectivity index (χ4v) is 1.72. The number of aryl methyl sites for hydroxylation is 1. The summed E-state index contributed by atoms with van der Waals surface area (Å²) >= 11 is 0. The minimum Gasteiger partial charge on any atom is -0.325 e. The summed E-state index contributed by atoms with van der Waals surface area (Å²) in [7, 11) is 4.04. The molecule has 0 bridgehead atoms. The molecule has 0 aromatic heterocycles. The van der Waals surface area contributed by atoms with Crippen LogP contribution >= 0.6 is 0 Å². The van der Waals surface area contributed by atoms with Crippen LogP contribution in [0.5, 0.6) is 0 Å². The van der Waals surface area contributed by atoms with E-state index in [0.29, 0.717) is 12.6 Å². The molecule has 18 heavy (non-hydrogen) atoms. The SMILES string of the molecule is Cc1ccc(NC(=O)CNC(C)CN(C)C)cc1. The second-order valence-electron chi connectivity index (χ2n) is 4.96. The van der Waals surface area contributed by atoms with Gasteiger partial charge in [-0.1, -0.05) is 17.7 Å². The van der Waals surface area contributed by atoms with Crippen LogP contribution in [-0.4, -0.2) is 44.0 Å². The second-order valence-corrected chi connectivity index (χ2v) is 4.96. The molecule has 0 aliphatic carbocycles. The van der Waals surface area contributed by atoms with Crippen molar-refractivity contribution < 1.29 is 4.79 Å². The van der Waals surface area contributed by atoms with Crippen molar-refractivity contribution >= 4 is 11.6 Å². The van der Waals surface area contributed by atoms with E-state index in [2.05, 4.69) is 22.5 Å². The van der Waals surface area contributed by atoms with Crippen LogP contribution in [0, 0.1) is 6.92 Å². The second kappa shape index (κ2) is 7.13. The molecule has 1 aromatic rings. The Morgan fingerprint density at radius 3 is 2.44 bits per heavy atom. The molecule has 4 nitrogen and oxygen atoms in total. The molecule has 100 valence electrons. The van der Waals surface area contributed by atoms with E-state index in [1.165, 1.54) is 5.56 Å². The number of benzene rings is 1. The van der Waals surface area contributed by atoms with E-state index < -0.39 is 0 Å². The van der Waals surface area contributed by atoms with Gasteiger partial charge in [0.05, 0.1) is 6.54 Å². The van der Waals surface area contributed by atoms with E-state index in [0.717, 1.165) is 12.2 Å². The number of hydrogen-bond donors (Lipinski definition) is 2. The van der Waals surface area contributed by atoms with Crippen molar-refractivity contribution in [3.05, 3.63) is 29.8 Å². The number of carbonyl (C=O) groups excluding carboxylic acids is 1. The maximum absolute atomic E-state index is 11.7. The average molecular weight is 249 g/mol. The normalized spacial score (nSPS) is 12.5. The van der Waals surface area contributed by atoms with Gasteiger partial charge in [0.2, 0.25) is 5.91 Å². The summed E-state index contributed by atoms with van der Waals surface area (Å²) in [5.74, 6) is -0.00976. The van der Waals surface area contributed by atoms with E-state index in [9.17, 15) is 4.79 Å². The Bertz CT molecular complexity index is 373. The monoisotopic (exact) mass is 249 g/mol.